The van der Waals surface area contributed by atoms with Crippen molar-refractivity contribution in [3.8, 4) is 0 Å². The number of hydrogen-bond donors (Lipinski definition) is 0. The quantitative estimate of drug-likeness (QED) is 0.755. The van der Waals surface area contributed by atoms with Crippen molar-refractivity contribution >= 4 is 23.2 Å². The van der Waals surface area contributed by atoms with Crippen LogP contribution in [0.2, 0.25) is 10.0 Å². The molecule has 2 rings (SSSR count). The first-order chi connectivity index (χ1) is 8.13. The fourth-order valence-corrected chi connectivity index (χ4v) is 2.17. The first-order valence-corrected chi connectivity index (χ1v) is 6.01. The van der Waals surface area contributed by atoms with E-state index >= 15 is 0 Å². The average molecular weight is 268 g/mol. The van der Waals surface area contributed by atoms with Gasteiger partial charge in [-0.25, -0.2) is 4.39 Å². The van der Waals surface area contributed by atoms with E-state index in [1.807, 2.05) is 12.1 Å². The van der Waals surface area contributed by atoms with Gasteiger partial charge >= 0.3 is 0 Å². The minimum absolute atomic E-state index is 0.214. The summed E-state index contributed by atoms with van der Waals surface area (Å²) < 4.78 is 12.7. The second kappa shape index (κ2) is 5.52. The molecular formula is C14H10Cl2F. The maximum Gasteiger partial charge on any atom is 0.123 e. The van der Waals surface area contributed by atoms with Crippen LogP contribution in [-0.4, -0.2) is 0 Å². The highest BCUT2D eigenvalue weighted by atomic mass is 35.5. The van der Waals surface area contributed by atoms with E-state index in [1.165, 1.54) is 12.1 Å². The van der Waals surface area contributed by atoms with Crippen molar-refractivity contribution in [2.75, 3.05) is 0 Å². The predicted molar refractivity (Wildman–Crippen MR) is 69.1 cm³/mol. The standard InChI is InChI=1S/C14H10Cl2F/c15-12-7-11(8-13(16)9-12)2-1-10-3-5-14(17)6-4-10/h3-8H,1-2H2. The summed E-state index contributed by atoms with van der Waals surface area (Å²) in [6.45, 7) is 0. The van der Waals surface area contributed by atoms with E-state index in [0.29, 0.717) is 10.0 Å². The smallest absolute Gasteiger partial charge is 0.123 e. The fourth-order valence-electron chi connectivity index (χ4n) is 1.64. The van der Waals surface area contributed by atoms with Crippen molar-refractivity contribution in [1.82, 2.24) is 0 Å². The minimum atomic E-state index is -0.214. The normalized spacial score (nSPS) is 10.5. The topological polar surface area (TPSA) is 0 Å². The Kier molecular flexibility index (Phi) is 4.03. The summed E-state index contributed by atoms with van der Waals surface area (Å²) in [4.78, 5) is 0. The maximum absolute atomic E-state index is 12.7. The number of aryl methyl sites for hydroxylation is 2. The summed E-state index contributed by atoms with van der Waals surface area (Å²) in [5.41, 5.74) is 2.15. The predicted octanol–water partition coefficient (Wildman–Crippen LogP) is 4.72. The maximum atomic E-state index is 12.7. The van der Waals surface area contributed by atoms with E-state index in [0.717, 1.165) is 24.0 Å². The molecule has 0 fully saturated rings. The third-order valence-corrected chi connectivity index (χ3v) is 2.89. The molecule has 1 radical (unpaired) electrons. The van der Waals surface area contributed by atoms with Crippen LogP contribution in [0, 0.1) is 11.9 Å². The van der Waals surface area contributed by atoms with Gasteiger partial charge < -0.3 is 0 Å². The van der Waals surface area contributed by atoms with Crippen LogP contribution in [0.1, 0.15) is 11.1 Å². The Bertz CT molecular complexity index is 486. The third-order valence-electron chi connectivity index (χ3n) is 2.48. The number of halogens is 3. The molecule has 2 aromatic carbocycles. The third kappa shape index (κ3) is 3.72. The molecule has 0 aliphatic rings. The molecule has 0 spiro atoms. The van der Waals surface area contributed by atoms with E-state index in [4.69, 9.17) is 23.2 Å². The number of hydrogen-bond acceptors (Lipinski definition) is 0. The zero-order chi connectivity index (χ0) is 12.3. The van der Waals surface area contributed by atoms with Crippen molar-refractivity contribution in [2.45, 2.75) is 12.8 Å². The van der Waals surface area contributed by atoms with Gasteiger partial charge in [0, 0.05) is 6.07 Å². The van der Waals surface area contributed by atoms with Gasteiger partial charge in [-0.05, 0) is 48.2 Å². The molecule has 0 nitrogen and oxygen atoms in total. The summed E-state index contributed by atoms with van der Waals surface area (Å²) in [6.07, 6.45) is 1.65. The van der Waals surface area contributed by atoms with Gasteiger partial charge in [-0.3, -0.25) is 0 Å². The van der Waals surface area contributed by atoms with E-state index in [-0.39, 0.29) is 5.82 Å². The van der Waals surface area contributed by atoms with Crippen LogP contribution >= 0.6 is 23.2 Å². The fraction of sp³-hybridized carbons (Fsp3) is 0.143. The molecule has 87 valence electrons. The van der Waals surface area contributed by atoms with Gasteiger partial charge in [0.25, 0.3) is 0 Å². The zero-order valence-corrected chi connectivity index (χ0v) is 10.5. The van der Waals surface area contributed by atoms with Crippen LogP contribution in [0.4, 0.5) is 4.39 Å². The van der Waals surface area contributed by atoms with Gasteiger partial charge in [0.15, 0.2) is 0 Å². The Balaban J connectivity index is 2.04. The first-order valence-electron chi connectivity index (χ1n) is 5.25. The average Bonchev–Trinajstić information content (AvgIpc) is 2.27. The van der Waals surface area contributed by atoms with Crippen LogP contribution < -0.4 is 0 Å². The van der Waals surface area contributed by atoms with E-state index in [9.17, 15) is 4.39 Å². The van der Waals surface area contributed by atoms with Crippen LogP contribution in [0.25, 0.3) is 0 Å². The highest BCUT2D eigenvalue weighted by Crippen LogP contribution is 2.19. The van der Waals surface area contributed by atoms with Crippen LogP contribution in [0.5, 0.6) is 0 Å². The monoisotopic (exact) mass is 267 g/mol. The molecule has 0 atom stereocenters. The lowest BCUT2D eigenvalue weighted by atomic mass is 10.0. The Labute approximate surface area is 110 Å². The highest BCUT2D eigenvalue weighted by Gasteiger charge is 2.00. The highest BCUT2D eigenvalue weighted by molar-refractivity contribution is 6.34. The molecule has 0 saturated heterocycles. The second-order valence-corrected chi connectivity index (χ2v) is 4.63. The van der Waals surface area contributed by atoms with Crippen molar-refractivity contribution in [1.29, 1.82) is 0 Å². The SMILES string of the molecule is Fc1ccc(CCc2cc(Cl)[c]c(Cl)c2)cc1. The van der Waals surface area contributed by atoms with Crippen LogP contribution in [0.3, 0.4) is 0 Å². The molecule has 0 saturated carbocycles. The first kappa shape index (κ1) is 12.4. The van der Waals surface area contributed by atoms with Crippen molar-refractivity contribution < 1.29 is 4.39 Å². The Hall–Kier alpha value is -1.05. The van der Waals surface area contributed by atoms with E-state index < -0.39 is 0 Å². The van der Waals surface area contributed by atoms with Crippen molar-refractivity contribution in [3.05, 3.63) is 69.5 Å². The second-order valence-electron chi connectivity index (χ2n) is 3.81. The van der Waals surface area contributed by atoms with E-state index in [1.54, 1.807) is 12.1 Å². The molecule has 0 heterocycles. The molecule has 0 unspecified atom stereocenters. The van der Waals surface area contributed by atoms with Gasteiger partial charge in [-0.1, -0.05) is 35.3 Å². The van der Waals surface area contributed by atoms with Gasteiger partial charge in [-0.2, -0.15) is 0 Å². The van der Waals surface area contributed by atoms with Gasteiger partial charge in [-0.15, -0.1) is 0 Å². The molecule has 0 amide bonds. The van der Waals surface area contributed by atoms with Crippen molar-refractivity contribution in [3.63, 3.8) is 0 Å². The molecule has 0 N–H and O–H groups in total. The minimum Gasteiger partial charge on any atom is -0.207 e. The summed E-state index contributed by atoms with van der Waals surface area (Å²) in [7, 11) is 0. The molecule has 0 aromatic heterocycles. The lowest BCUT2D eigenvalue weighted by molar-refractivity contribution is 0.627. The summed E-state index contributed by atoms with van der Waals surface area (Å²) in [5, 5.41) is 1.04. The molecular weight excluding hydrogens is 258 g/mol. The van der Waals surface area contributed by atoms with Gasteiger partial charge in [0.05, 0.1) is 10.0 Å². The number of rotatable bonds is 3. The van der Waals surface area contributed by atoms with Crippen LogP contribution in [0.15, 0.2) is 36.4 Å². The molecule has 0 bridgehead atoms. The molecule has 3 heteroatoms. The summed E-state index contributed by atoms with van der Waals surface area (Å²) >= 11 is 11.7. The number of benzene rings is 2. The Morgan fingerprint density at radius 3 is 2.00 bits per heavy atom. The Morgan fingerprint density at radius 1 is 0.882 bits per heavy atom. The lowest BCUT2D eigenvalue weighted by Crippen LogP contribution is -1.91. The summed E-state index contributed by atoms with van der Waals surface area (Å²) in [6, 6.07) is 13.0. The van der Waals surface area contributed by atoms with Gasteiger partial charge in [0.2, 0.25) is 0 Å². The molecule has 17 heavy (non-hydrogen) atoms. The van der Waals surface area contributed by atoms with Crippen LogP contribution in [-0.2, 0) is 12.8 Å². The lowest BCUT2D eigenvalue weighted by Gasteiger charge is -2.03. The largest absolute Gasteiger partial charge is 0.207 e. The molecule has 0 aliphatic heterocycles. The van der Waals surface area contributed by atoms with E-state index in [2.05, 4.69) is 6.07 Å². The summed E-state index contributed by atoms with van der Waals surface area (Å²) in [5.74, 6) is -0.214. The molecule has 2 aromatic rings. The van der Waals surface area contributed by atoms with Crippen molar-refractivity contribution in [2.24, 2.45) is 0 Å². The zero-order valence-electron chi connectivity index (χ0n) is 9.01. The Morgan fingerprint density at radius 2 is 1.41 bits per heavy atom. The van der Waals surface area contributed by atoms with Gasteiger partial charge in [0.1, 0.15) is 5.82 Å². The molecule has 0 aliphatic carbocycles.